The molecule has 1 heterocycles. The summed E-state index contributed by atoms with van der Waals surface area (Å²) in [6, 6.07) is 0. The number of hydrogen-bond acceptors (Lipinski definition) is 4. The fourth-order valence-electron chi connectivity index (χ4n) is 1.85. The summed E-state index contributed by atoms with van der Waals surface area (Å²) in [6.07, 6.45) is -0.0753. The fraction of sp³-hybridized carbons (Fsp3) is 1.00. The van der Waals surface area contributed by atoms with E-state index in [4.69, 9.17) is 9.47 Å². The van der Waals surface area contributed by atoms with Crippen molar-refractivity contribution in [2.24, 2.45) is 5.41 Å². The third-order valence-electron chi connectivity index (χ3n) is 2.57. The molecule has 15 heavy (non-hydrogen) atoms. The van der Waals surface area contributed by atoms with Gasteiger partial charge in [-0.05, 0) is 21.1 Å². The highest BCUT2D eigenvalue weighted by atomic mass is 16.7. The van der Waals surface area contributed by atoms with Crippen LogP contribution in [-0.4, -0.2) is 63.7 Å². The largest absolute Gasteiger partial charge is 0.351 e. The van der Waals surface area contributed by atoms with Crippen LogP contribution in [0, 0.1) is 5.41 Å². The molecule has 1 aliphatic rings. The highest BCUT2D eigenvalue weighted by Crippen LogP contribution is 2.28. The van der Waals surface area contributed by atoms with E-state index < -0.39 is 0 Å². The predicted molar refractivity (Wildman–Crippen MR) is 60.7 cm³/mol. The summed E-state index contributed by atoms with van der Waals surface area (Å²) in [5.74, 6) is 0. The minimum Gasteiger partial charge on any atom is -0.351 e. The van der Waals surface area contributed by atoms with E-state index in [1.54, 1.807) is 0 Å². The average molecular weight is 216 g/mol. The Bertz CT molecular complexity index is 195. The van der Waals surface area contributed by atoms with Crippen molar-refractivity contribution in [1.29, 1.82) is 0 Å². The molecule has 0 bridgehead atoms. The molecule has 1 aliphatic heterocycles. The van der Waals surface area contributed by atoms with Crippen LogP contribution in [0.1, 0.15) is 13.8 Å². The number of hydrogen-bond donors (Lipinski definition) is 0. The minimum atomic E-state index is -0.0753. The quantitative estimate of drug-likeness (QED) is 0.695. The first-order chi connectivity index (χ1) is 6.92. The van der Waals surface area contributed by atoms with Crippen LogP contribution in [0.2, 0.25) is 0 Å². The van der Waals surface area contributed by atoms with Gasteiger partial charge in [0.2, 0.25) is 0 Å². The van der Waals surface area contributed by atoms with E-state index in [2.05, 4.69) is 30.7 Å². The molecule has 90 valence electrons. The second-order valence-electron chi connectivity index (χ2n) is 5.30. The van der Waals surface area contributed by atoms with Gasteiger partial charge in [0.1, 0.15) is 6.73 Å². The number of rotatable bonds is 4. The lowest BCUT2D eigenvalue weighted by Crippen LogP contribution is -2.50. The van der Waals surface area contributed by atoms with Gasteiger partial charge in [0.15, 0.2) is 6.29 Å². The second kappa shape index (κ2) is 5.25. The summed E-state index contributed by atoms with van der Waals surface area (Å²) >= 11 is 0. The molecule has 0 aromatic rings. The third-order valence-corrected chi connectivity index (χ3v) is 2.57. The van der Waals surface area contributed by atoms with E-state index in [1.807, 2.05) is 14.1 Å². The highest BCUT2D eigenvalue weighted by molar-refractivity contribution is 4.79. The Morgan fingerprint density at radius 1 is 1.47 bits per heavy atom. The topological polar surface area (TPSA) is 24.9 Å². The van der Waals surface area contributed by atoms with Gasteiger partial charge in [-0.25, -0.2) is 0 Å². The van der Waals surface area contributed by atoms with Crippen LogP contribution < -0.4 is 0 Å². The summed E-state index contributed by atoms with van der Waals surface area (Å²) in [5, 5.41) is 0. The Balaban J connectivity index is 2.34. The van der Waals surface area contributed by atoms with Crippen molar-refractivity contribution in [2.45, 2.75) is 20.1 Å². The van der Waals surface area contributed by atoms with E-state index in [0.717, 1.165) is 19.7 Å². The molecule has 0 aromatic carbocycles. The highest BCUT2D eigenvalue weighted by Gasteiger charge is 2.36. The lowest BCUT2D eigenvalue weighted by atomic mass is 9.91. The molecule has 0 amide bonds. The molecule has 0 aliphatic carbocycles. The lowest BCUT2D eigenvalue weighted by Gasteiger charge is -2.42. The van der Waals surface area contributed by atoms with Crippen molar-refractivity contribution in [1.82, 2.24) is 9.80 Å². The SMILES string of the molecule is CN(C)CCOC1OCN(C)CC1(C)C. The summed E-state index contributed by atoms with van der Waals surface area (Å²) < 4.78 is 11.4. The lowest BCUT2D eigenvalue weighted by molar-refractivity contribution is -0.250. The second-order valence-corrected chi connectivity index (χ2v) is 5.30. The van der Waals surface area contributed by atoms with E-state index in [1.165, 1.54) is 0 Å². The Kier molecular flexibility index (Phi) is 4.52. The molecular weight excluding hydrogens is 192 g/mol. The van der Waals surface area contributed by atoms with Crippen LogP contribution >= 0.6 is 0 Å². The van der Waals surface area contributed by atoms with E-state index in [-0.39, 0.29) is 11.7 Å². The van der Waals surface area contributed by atoms with Crippen LogP contribution in [0.15, 0.2) is 0 Å². The molecule has 0 radical (unpaired) electrons. The van der Waals surface area contributed by atoms with Crippen molar-refractivity contribution in [3.63, 3.8) is 0 Å². The van der Waals surface area contributed by atoms with Crippen molar-refractivity contribution in [3.05, 3.63) is 0 Å². The van der Waals surface area contributed by atoms with Gasteiger partial charge in [-0.2, -0.15) is 0 Å². The van der Waals surface area contributed by atoms with Crippen molar-refractivity contribution in [2.75, 3.05) is 47.6 Å². The monoisotopic (exact) mass is 216 g/mol. The van der Waals surface area contributed by atoms with Gasteiger partial charge in [0.05, 0.1) is 6.61 Å². The zero-order chi connectivity index (χ0) is 11.5. The maximum Gasteiger partial charge on any atom is 0.165 e. The van der Waals surface area contributed by atoms with Gasteiger partial charge in [-0.15, -0.1) is 0 Å². The maximum atomic E-state index is 5.77. The molecule has 1 atom stereocenters. The standard InChI is InChI=1S/C11H24N2O2/c1-11(2)8-13(5)9-15-10(11)14-7-6-12(3)4/h10H,6-9H2,1-5H3. The maximum absolute atomic E-state index is 5.77. The van der Waals surface area contributed by atoms with Crippen LogP contribution in [0.25, 0.3) is 0 Å². The van der Waals surface area contributed by atoms with Crippen LogP contribution in [0.3, 0.4) is 0 Å². The molecular formula is C11H24N2O2. The number of ether oxygens (including phenoxy) is 2. The zero-order valence-corrected chi connectivity index (χ0v) is 10.6. The summed E-state index contributed by atoms with van der Waals surface area (Å²) in [4.78, 5) is 4.29. The number of likely N-dealkylation sites (N-methyl/N-ethyl adjacent to an activating group) is 1. The molecule has 1 fully saturated rings. The van der Waals surface area contributed by atoms with Gasteiger partial charge in [-0.3, -0.25) is 4.90 Å². The molecule has 1 saturated heterocycles. The van der Waals surface area contributed by atoms with Crippen molar-refractivity contribution >= 4 is 0 Å². The normalized spacial score (nSPS) is 27.2. The summed E-state index contributed by atoms with van der Waals surface area (Å²) in [5.41, 5.74) is 0.0688. The summed E-state index contributed by atoms with van der Waals surface area (Å²) in [6.45, 7) is 7.71. The van der Waals surface area contributed by atoms with Crippen molar-refractivity contribution < 1.29 is 9.47 Å². The van der Waals surface area contributed by atoms with Crippen molar-refractivity contribution in [3.8, 4) is 0 Å². The molecule has 0 saturated carbocycles. The van der Waals surface area contributed by atoms with Gasteiger partial charge >= 0.3 is 0 Å². The van der Waals surface area contributed by atoms with E-state index >= 15 is 0 Å². The Morgan fingerprint density at radius 2 is 2.13 bits per heavy atom. The van der Waals surface area contributed by atoms with E-state index in [9.17, 15) is 0 Å². The van der Waals surface area contributed by atoms with Gasteiger partial charge < -0.3 is 14.4 Å². The molecule has 1 rings (SSSR count). The van der Waals surface area contributed by atoms with Gasteiger partial charge in [0, 0.05) is 18.5 Å². The Labute approximate surface area is 93.1 Å². The molecule has 4 heteroatoms. The summed E-state index contributed by atoms with van der Waals surface area (Å²) in [7, 11) is 6.16. The van der Waals surface area contributed by atoms with Gasteiger partial charge in [-0.1, -0.05) is 13.8 Å². The van der Waals surface area contributed by atoms with Crippen LogP contribution in [0.4, 0.5) is 0 Å². The Morgan fingerprint density at radius 3 is 2.67 bits per heavy atom. The first kappa shape index (κ1) is 12.9. The number of nitrogens with zero attached hydrogens (tertiary/aromatic N) is 2. The smallest absolute Gasteiger partial charge is 0.165 e. The third kappa shape index (κ3) is 4.07. The Hall–Kier alpha value is -0.160. The van der Waals surface area contributed by atoms with Crippen LogP contribution in [-0.2, 0) is 9.47 Å². The fourth-order valence-corrected chi connectivity index (χ4v) is 1.85. The van der Waals surface area contributed by atoms with Gasteiger partial charge in [0.25, 0.3) is 0 Å². The molecule has 0 aromatic heterocycles. The average Bonchev–Trinajstić information content (AvgIpc) is 2.07. The zero-order valence-electron chi connectivity index (χ0n) is 10.6. The van der Waals surface area contributed by atoms with Crippen LogP contribution in [0.5, 0.6) is 0 Å². The predicted octanol–water partition coefficient (Wildman–Crippen LogP) is 0.836. The minimum absolute atomic E-state index is 0.0688. The first-order valence-electron chi connectivity index (χ1n) is 5.48. The first-order valence-corrected chi connectivity index (χ1v) is 5.48. The molecule has 1 unspecified atom stereocenters. The molecule has 0 N–H and O–H groups in total. The molecule has 4 nitrogen and oxygen atoms in total. The molecule has 0 spiro atoms. The van der Waals surface area contributed by atoms with E-state index in [0.29, 0.717) is 6.73 Å².